The first-order chi connectivity index (χ1) is 18.9. The molecule has 0 unspecified atom stereocenters. The lowest BCUT2D eigenvalue weighted by atomic mass is 9.95. The van der Waals surface area contributed by atoms with Crippen molar-refractivity contribution in [3.05, 3.63) is 32.0 Å². The summed E-state index contributed by atoms with van der Waals surface area (Å²) in [6.07, 6.45) is 4.94. The monoisotopic (exact) mass is 604 g/mol. The molecule has 0 aliphatic heterocycles. The van der Waals surface area contributed by atoms with Gasteiger partial charge in [0, 0.05) is 9.75 Å². The molecule has 40 heavy (non-hydrogen) atoms. The molecule has 14 heteroatoms. The molecule has 2 amide bonds. The number of amides is 2. The normalized spacial score (nSPS) is 15.1. The predicted molar refractivity (Wildman–Crippen MR) is 141 cm³/mol. The number of carbonyl (C=O) groups excluding carboxylic acids is 4. The zero-order chi connectivity index (χ0) is 29.2. The van der Waals surface area contributed by atoms with E-state index >= 15 is 0 Å². The number of anilines is 2. The van der Waals surface area contributed by atoms with Gasteiger partial charge in [-0.3, -0.25) is 9.59 Å². The van der Waals surface area contributed by atoms with Gasteiger partial charge in [0.25, 0.3) is 0 Å². The van der Waals surface area contributed by atoms with Crippen molar-refractivity contribution in [2.75, 3.05) is 23.8 Å². The van der Waals surface area contributed by atoms with Crippen LogP contribution in [0.15, 0.2) is 0 Å². The highest BCUT2D eigenvalue weighted by Crippen LogP contribution is 2.43. The fourth-order valence-corrected chi connectivity index (χ4v) is 7.34. The van der Waals surface area contributed by atoms with Gasteiger partial charge in [-0.1, -0.05) is 0 Å². The summed E-state index contributed by atoms with van der Waals surface area (Å²) in [4.78, 5) is 51.6. The van der Waals surface area contributed by atoms with Gasteiger partial charge in [0.05, 0.1) is 24.3 Å². The number of rotatable bonds is 9. The summed E-state index contributed by atoms with van der Waals surface area (Å²) >= 11 is 1.69. The van der Waals surface area contributed by atoms with Crippen molar-refractivity contribution < 1.29 is 46.2 Å². The Bertz CT molecular complexity index is 1240. The van der Waals surface area contributed by atoms with Crippen LogP contribution in [0.5, 0.6) is 0 Å². The summed E-state index contributed by atoms with van der Waals surface area (Å²) in [7, 11) is 0. The molecule has 0 saturated heterocycles. The molecule has 2 aliphatic rings. The summed E-state index contributed by atoms with van der Waals surface area (Å²) in [6.45, 7) is 3.04. The molecule has 0 spiro atoms. The fraction of sp³-hybridized carbons (Fsp3) is 0.538. The minimum Gasteiger partial charge on any atom is -0.462 e. The van der Waals surface area contributed by atoms with Gasteiger partial charge < -0.3 is 20.1 Å². The third-order valence-corrected chi connectivity index (χ3v) is 9.13. The summed E-state index contributed by atoms with van der Waals surface area (Å²) in [5, 5.41) is 2.85. The Balaban J connectivity index is 1.60. The van der Waals surface area contributed by atoms with Gasteiger partial charge in [-0.2, -0.15) is 17.6 Å². The molecule has 2 aromatic heterocycles. The van der Waals surface area contributed by atoms with E-state index in [9.17, 15) is 36.7 Å². The zero-order valence-electron chi connectivity index (χ0n) is 21.8. The molecule has 2 aliphatic carbocycles. The van der Waals surface area contributed by atoms with Crippen LogP contribution in [0.3, 0.4) is 0 Å². The molecule has 2 N–H and O–H groups in total. The van der Waals surface area contributed by atoms with E-state index in [1.54, 1.807) is 24.5 Å². The second-order valence-corrected chi connectivity index (χ2v) is 11.5. The van der Waals surface area contributed by atoms with E-state index in [0.29, 0.717) is 46.6 Å². The Morgan fingerprint density at radius 2 is 1.02 bits per heavy atom. The van der Waals surface area contributed by atoms with Gasteiger partial charge in [0.2, 0.25) is 0 Å². The van der Waals surface area contributed by atoms with Crippen LogP contribution in [0.25, 0.3) is 0 Å². The Hall–Kier alpha value is -3.00. The van der Waals surface area contributed by atoms with Crippen LogP contribution >= 0.6 is 22.7 Å². The minimum absolute atomic E-state index is 0.0226. The summed E-state index contributed by atoms with van der Waals surface area (Å²) in [5.74, 6) is -17.6. The minimum atomic E-state index is -5.51. The lowest BCUT2D eigenvalue weighted by Gasteiger charge is -2.24. The Kier molecular flexibility index (Phi) is 8.88. The van der Waals surface area contributed by atoms with Crippen LogP contribution in [0, 0.1) is 0 Å². The van der Waals surface area contributed by atoms with E-state index in [1.807, 2.05) is 0 Å². The van der Waals surface area contributed by atoms with Gasteiger partial charge in [-0.25, -0.2) is 9.59 Å². The van der Waals surface area contributed by atoms with Gasteiger partial charge in [0.15, 0.2) is 0 Å². The van der Waals surface area contributed by atoms with E-state index < -0.39 is 35.6 Å². The maximum absolute atomic E-state index is 15.0. The van der Waals surface area contributed by atoms with Crippen LogP contribution in [0.1, 0.15) is 81.1 Å². The Labute approximate surface area is 235 Å². The first kappa shape index (κ1) is 30.0. The molecule has 218 valence electrons. The van der Waals surface area contributed by atoms with Crippen molar-refractivity contribution in [2.45, 2.75) is 77.1 Å². The number of aryl methyl sites for hydroxylation is 2. The van der Waals surface area contributed by atoms with Crippen molar-refractivity contribution in [2.24, 2.45) is 0 Å². The lowest BCUT2D eigenvalue weighted by molar-refractivity contribution is -0.204. The summed E-state index contributed by atoms with van der Waals surface area (Å²) in [5.41, 5.74) is 0.792. The molecule has 8 nitrogen and oxygen atoms in total. The van der Waals surface area contributed by atoms with E-state index in [0.717, 1.165) is 48.4 Å². The standard InChI is InChI=1S/C26H28F4N2O6S2/c1-3-37-21(33)17-13-9-5-7-11-15(13)39-19(17)31-23(35)25(27,28)26(29,30)24(36)32-20-18(22(34)38-4-2)14-10-6-8-12-16(14)40-20/h3-12H2,1-2H3,(H,31,35)(H,32,36). The Morgan fingerprint density at radius 3 is 1.38 bits per heavy atom. The number of hydrogen-bond donors (Lipinski definition) is 2. The molecule has 2 aromatic rings. The first-order valence-corrected chi connectivity index (χ1v) is 14.6. The van der Waals surface area contributed by atoms with Crippen molar-refractivity contribution in [1.29, 1.82) is 0 Å². The average molecular weight is 605 g/mol. The molecule has 0 fully saturated rings. The second-order valence-electron chi connectivity index (χ2n) is 9.33. The average Bonchev–Trinajstić information content (AvgIpc) is 3.46. The van der Waals surface area contributed by atoms with Crippen LogP contribution in [-0.2, 0) is 44.7 Å². The summed E-state index contributed by atoms with van der Waals surface area (Å²) < 4.78 is 69.9. The molecule has 0 radical (unpaired) electrons. The van der Waals surface area contributed by atoms with Gasteiger partial charge in [0.1, 0.15) is 10.0 Å². The number of carbonyl (C=O) groups is 4. The van der Waals surface area contributed by atoms with E-state index in [-0.39, 0.29) is 34.3 Å². The van der Waals surface area contributed by atoms with Gasteiger partial charge in [-0.05, 0) is 76.3 Å². The number of thiophene rings is 2. The molecular weight excluding hydrogens is 576 g/mol. The van der Waals surface area contributed by atoms with Crippen LogP contribution < -0.4 is 10.6 Å². The summed E-state index contributed by atoms with van der Waals surface area (Å²) in [6, 6.07) is 0. The molecule has 0 saturated carbocycles. The highest BCUT2D eigenvalue weighted by Gasteiger charge is 2.67. The molecule has 4 rings (SSSR count). The molecular formula is C26H28F4N2O6S2. The number of alkyl halides is 4. The number of hydrogen-bond acceptors (Lipinski definition) is 8. The SMILES string of the molecule is CCOC(=O)c1c(NC(=O)C(F)(F)C(F)(F)C(=O)Nc2sc3c(c2C(=O)OCC)CCCC3)sc2c1CCCC2. The van der Waals surface area contributed by atoms with E-state index in [4.69, 9.17) is 9.47 Å². The van der Waals surface area contributed by atoms with Crippen molar-refractivity contribution in [1.82, 2.24) is 0 Å². The fourth-order valence-electron chi connectivity index (χ4n) is 4.79. The maximum Gasteiger partial charge on any atom is 0.396 e. The van der Waals surface area contributed by atoms with Crippen molar-refractivity contribution >= 4 is 56.4 Å². The van der Waals surface area contributed by atoms with Gasteiger partial charge >= 0.3 is 35.6 Å². The first-order valence-electron chi connectivity index (χ1n) is 13.0. The number of nitrogens with one attached hydrogen (secondary N) is 2. The third kappa shape index (κ3) is 5.47. The Morgan fingerprint density at radius 1 is 0.675 bits per heavy atom. The smallest absolute Gasteiger partial charge is 0.396 e. The largest absolute Gasteiger partial charge is 0.462 e. The number of fused-ring (bicyclic) bond motifs is 2. The molecule has 0 atom stereocenters. The highest BCUT2D eigenvalue weighted by atomic mass is 32.1. The van der Waals surface area contributed by atoms with Crippen molar-refractivity contribution in [3.8, 4) is 0 Å². The van der Waals surface area contributed by atoms with Crippen LogP contribution in [-0.4, -0.2) is 48.8 Å². The maximum atomic E-state index is 15.0. The van der Waals surface area contributed by atoms with Crippen LogP contribution in [0.2, 0.25) is 0 Å². The quantitative estimate of drug-likeness (QED) is 0.278. The zero-order valence-corrected chi connectivity index (χ0v) is 23.5. The second kappa shape index (κ2) is 11.9. The number of ether oxygens (including phenoxy) is 2. The van der Waals surface area contributed by atoms with Crippen molar-refractivity contribution in [3.63, 3.8) is 0 Å². The van der Waals surface area contributed by atoms with E-state index in [2.05, 4.69) is 0 Å². The van der Waals surface area contributed by atoms with Gasteiger partial charge in [-0.15, -0.1) is 22.7 Å². The van der Waals surface area contributed by atoms with Crippen LogP contribution in [0.4, 0.5) is 27.6 Å². The molecule has 0 aromatic carbocycles. The predicted octanol–water partition coefficient (Wildman–Crippen LogP) is 5.77. The molecule has 0 bridgehead atoms. The third-order valence-electron chi connectivity index (χ3n) is 6.72. The highest BCUT2D eigenvalue weighted by molar-refractivity contribution is 7.17. The van der Waals surface area contributed by atoms with E-state index in [1.165, 1.54) is 0 Å². The number of halogens is 4. The number of esters is 2. The topological polar surface area (TPSA) is 111 Å². The lowest BCUT2D eigenvalue weighted by Crippen LogP contribution is -2.56. The molecule has 2 heterocycles.